The highest BCUT2D eigenvalue weighted by atomic mass is 16.6. The van der Waals surface area contributed by atoms with Crippen LogP contribution in [0.15, 0.2) is 12.1 Å². The van der Waals surface area contributed by atoms with Crippen molar-refractivity contribution in [3.8, 4) is 11.5 Å². The van der Waals surface area contributed by atoms with Gasteiger partial charge in [0.25, 0.3) is 0 Å². The Morgan fingerprint density at radius 2 is 1.86 bits per heavy atom. The van der Waals surface area contributed by atoms with Gasteiger partial charge in [-0.05, 0) is 11.3 Å². The van der Waals surface area contributed by atoms with Crippen LogP contribution in [0, 0.1) is 11.3 Å². The van der Waals surface area contributed by atoms with Gasteiger partial charge in [0.1, 0.15) is 13.2 Å². The summed E-state index contributed by atoms with van der Waals surface area (Å²) in [4.78, 5) is 12.2. The van der Waals surface area contributed by atoms with Crippen molar-refractivity contribution < 1.29 is 14.3 Å². The van der Waals surface area contributed by atoms with Gasteiger partial charge in [0.2, 0.25) is 5.91 Å². The first-order valence-electron chi connectivity index (χ1n) is 7.26. The van der Waals surface area contributed by atoms with Gasteiger partial charge in [-0.2, -0.15) is 0 Å². The van der Waals surface area contributed by atoms with Crippen LogP contribution in [-0.4, -0.2) is 19.1 Å². The number of carbonyl (C=O) groups excluding carboxylic acids is 1. The molecule has 5 nitrogen and oxygen atoms in total. The summed E-state index contributed by atoms with van der Waals surface area (Å²) in [5.74, 6) is 1.48. The van der Waals surface area contributed by atoms with Crippen LogP contribution >= 0.6 is 0 Å². The Kier molecular flexibility index (Phi) is 4.30. The molecule has 1 aliphatic rings. The molecule has 116 valence electrons. The molecule has 0 fully saturated rings. The molecule has 0 saturated carbocycles. The first kappa shape index (κ1) is 15.5. The molecule has 1 aliphatic heterocycles. The van der Waals surface area contributed by atoms with E-state index in [1.807, 2.05) is 0 Å². The zero-order chi connectivity index (χ0) is 15.6. The van der Waals surface area contributed by atoms with Gasteiger partial charge in [0, 0.05) is 18.6 Å². The quantitative estimate of drug-likeness (QED) is 0.840. The van der Waals surface area contributed by atoms with Gasteiger partial charge in [-0.15, -0.1) is 0 Å². The maximum Gasteiger partial charge on any atom is 0.224 e. The van der Waals surface area contributed by atoms with Gasteiger partial charge >= 0.3 is 0 Å². The second-order valence-electron chi connectivity index (χ2n) is 6.60. The molecule has 5 heteroatoms. The van der Waals surface area contributed by atoms with Gasteiger partial charge in [-0.1, -0.05) is 27.7 Å². The van der Waals surface area contributed by atoms with Crippen LogP contribution in [0.4, 0.5) is 11.4 Å². The maximum atomic E-state index is 12.2. The topological polar surface area (TPSA) is 73.6 Å². The Bertz CT molecular complexity index is 535. The summed E-state index contributed by atoms with van der Waals surface area (Å²) in [5, 5.41) is 2.86. The minimum absolute atomic E-state index is 0.0409. The summed E-state index contributed by atoms with van der Waals surface area (Å²) in [6.45, 7) is 9.48. The number of ether oxygens (including phenoxy) is 2. The lowest BCUT2D eigenvalue weighted by molar-refractivity contribution is -0.117. The Morgan fingerprint density at radius 1 is 1.29 bits per heavy atom. The fraction of sp³-hybridized carbons (Fsp3) is 0.562. The molecule has 0 bridgehead atoms. The summed E-state index contributed by atoms with van der Waals surface area (Å²) in [5.41, 5.74) is 7.11. The standard InChI is InChI=1S/C16H24N2O3/c1-10(16(2,3)4)7-15(19)18-12-9-14-13(8-11(12)17)20-5-6-21-14/h8-10H,5-7,17H2,1-4H3,(H,18,19). The summed E-state index contributed by atoms with van der Waals surface area (Å²) in [7, 11) is 0. The van der Waals surface area contributed by atoms with Crippen molar-refractivity contribution in [1.29, 1.82) is 0 Å². The first-order valence-corrected chi connectivity index (χ1v) is 7.26. The SMILES string of the molecule is CC(CC(=O)Nc1cc2c(cc1N)OCCO2)C(C)(C)C. The number of amides is 1. The lowest BCUT2D eigenvalue weighted by Gasteiger charge is -2.27. The van der Waals surface area contributed by atoms with E-state index in [0.29, 0.717) is 42.5 Å². The summed E-state index contributed by atoms with van der Waals surface area (Å²) < 4.78 is 11.0. The van der Waals surface area contributed by atoms with Crippen molar-refractivity contribution in [1.82, 2.24) is 0 Å². The first-order chi connectivity index (χ1) is 9.77. The number of hydrogen-bond donors (Lipinski definition) is 2. The zero-order valence-electron chi connectivity index (χ0n) is 13.2. The molecule has 2 rings (SSSR count). The van der Waals surface area contributed by atoms with Gasteiger partial charge < -0.3 is 20.5 Å². The Labute approximate surface area is 125 Å². The lowest BCUT2D eigenvalue weighted by Crippen LogP contribution is -2.24. The average molecular weight is 292 g/mol. The number of carbonyl (C=O) groups is 1. The second kappa shape index (κ2) is 5.84. The van der Waals surface area contributed by atoms with Gasteiger partial charge in [-0.25, -0.2) is 0 Å². The van der Waals surface area contributed by atoms with Crippen molar-refractivity contribution in [2.75, 3.05) is 24.3 Å². The number of rotatable bonds is 3. The predicted octanol–water partition coefficient (Wildman–Crippen LogP) is 3.05. The third-order valence-corrected chi connectivity index (χ3v) is 3.96. The molecule has 1 aromatic rings. The third kappa shape index (κ3) is 3.80. The Morgan fingerprint density at radius 3 is 2.43 bits per heavy atom. The smallest absolute Gasteiger partial charge is 0.224 e. The van der Waals surface area contributed by atoms with E-state index in [9.17, 15) is 4.79 Å². The van der Waals surface area contributed by atoms with Gasteiger partial charge in [0.15, 0.2) is 11.5 Å². The number of fused-ring (bicyclic) bond motifs is 1. The third-order valence-electron chi connectivity index (χ3n) is 3.96. The minimum atomic E-state index is -0.0409. The lowest BCUT2D eigenvalue weighted by atomic mass is 9.80. The number of anilines is 2. The highest BCUT2D eigenvalue weighted by Gasteiger charge is 2.23. The zero-order valence-corrected chi connectivity index (χ0v) is 13.2. The maximum absolute atomic E-state index is 12.2. The van der Waals surface area contributed by atoms with Crippen LogP contribution in [0.5, 0.6) is 11.5 Å². The molecule has 0 saturated heterocycles. The van der Waals surface area contributed by atoms with Crippen LogP contribution in [-0.2, 0) is 4.79 Å². The fourth-order valence-corrected chi connectivity index (χ4v) is 2.00. The number of nitrogens with two attached hydrogens (primary N) is 1. The van der Waals surface area contributed by atoms with Crippen LogP contribution < -0.4 is 20.5 Å². The van der Waals surface area contributed by atoms with Crippen molar-refractivity contribution in [3.05, 3.63) is 12.1 Å². The van der Waals surface area contributed by atoms with E-state index < -0.39 is 0 Å². The second-order valence-corrected chi connectivity index (χ2v) is 6.60. The molecule has 21 heavy (non-hydrogen) atoms. The molecule has 3 N–H and O–H groups in total. The number of hydrogen-bond acceptors (Lipinski definition) is 4. The molecule has 1 atom stereocenters. The Balaban J connectivity index is 2.07. The molecule has 1 heterocycles. The molecule has 0 radical (unpaired) electrons. The van der Waals surface area contributed by atoms with Gasteiger partial charge in [0.05, 0.1) is 11.4 Å². The molecule has 0 aromatic heterocycles. The van der Waals surface area contributed by atoms with E-state index in [4.69, 9.17) is 15.2 Å². The molecule has 1 amide bonds. The number of benzene rings is 1. The Hall–Kier alpha value is -1.91. The molecular formula is C16H24N2O3. The fourth-order valence-electron chi connectivity index (χ4n) is 2.00. The van der Waals surface area contributed by atoms with Crippen molar-refractivity contribution >= 4 is 17.3 Å². The monoisotopic (exact) mass is 292 g/mol. The van der Waals surface area contributed by atoms with E-state index in [0.717, 1.165) is 0 Å². The average Bonchev–Trinajstić information content (AvgIpc) is 2.38. The molecule has 0 spiro atoms. The molecule has 1 aromatic carbocycles. The number of nitrogen functional groups attached to an aromatic ring is 1. The summed E-state index contributed by atoms with van der Waals surface area (Å²) in [6.07, 6.45) is 0.456. The predicted molar refractivity (Wildman–Crippen MR) is 83.7 cm³/mol. The van der Waals surface area contributed by atoms with E-state index >= 15 is 0 Å². The highest BCUT2D eigenvalue weighted by Crippen LogP contribution is 2.37. The highest BCUT2D eigenvalue weighted by molar-refractivity contribution is 5.94. The normalized spacial score (nSPS) is 15.4. The van der Waals surface area contributed by atoms with E-state index in [1.54, 1.807) is 12.1 Å². The van der Waals surface area contributed by atoms with Crippen molar-refractivity contribution in [2.24, 2.45) is 11.3 Å². The van der Waals surface area contributed by atoms with Gasteiger partial charge in [-0.3, -0.25) is 4.79 Å². The van der Waals surface area contributed by atoms with E-state index in [1.165, 1.54) is 0 Å². The van der Waals surface area contributed by atoms with E-state index in [-0.39, 0.29) is 17.2 Å². The molecule has 0 aliphatic carbocycles. The van der Waals surface area contributed by atoms with Crippen LogP contribution in [0.25, 0.3) is 0 Å². The van der Waals surface area contributed by atoms with Crippen LogP contribution in [0.2, 0.25) is 0 Å². The molecule has 1 unspecified atom stereocenters. The van der Waals surface area contributed by atoms with Crippen LogP contribution in [0.1, 0.15) is 34.1 Å². The van der Waals surface area contributed by atoms with E-state index in [2.05, 4.69) is 33.0 Å². The number of nitrogens with one attached hydrogen (secondary N) is 1. The molecular weight excluding hydrogens is 268 g/mol. The minimum Gasteiger partial charge on any atom is -0.486 e. The largest absolute Gasteiger partial charge is 0.486 e. The van der Waals surface area contributed by atoms with Crippen molar-refractivity contribution in [2.45, 2.75) is 34.1 Å². The van der Waals surface area contributed by atoms with Crippen LogP contribution in [0.3, 0.4) is 0 Å². The van der Waals surface area contributed by atoms with Crippen molar-refractivity contribution in [3.63, 3.8) is 0 Å². The summed E-state index contributed by atoms with van der Waals surface area (Å²) in [6, 6.07) is 3.42. The summed E-state index contributed by atoms with van der Waals surface area (Å²) >= 11 is 0.